The van der Waals surface area contributed by atoms with E-state index in [1.807, 2.05) is 6.92 Å². The van der Waals surface area contributed by atoms with Gasteiger partial charge in [-0.2, -0.15) is 0 Å². The zero-order chi connectivity index (χ0) is 9.68. The van der Waals surface area contributed by atoms with Gasteiger partial charge in [0.1, 0.15) is 0 Å². The van der Waals surface area contributed by atoms with Crippen LogP contribution in [-0.2, 0) is 9.53 Å². The minimum Gasteiger partial charge on any atom is -0.381 e. The topological polar surface area (TPSA) is 64.3 Å². The van der Waals surface area contributed by atoms with E-state index in [9.17, 15) is 4.79 Å². The number of nitrogens with two attached hydrogens (primary N) is 1. The molecule has 1 heterocycles. The fourth-order valence-electron chi connectivity index (χ4n) is 1.55. The molecule has 3 N–H and O–H groups in total. The van der Waals surface area contributed by atoms with Crippen LogP contribution in [0.15, 0.2) is 0 Å². The molecule has 0 radical (unpaired) electrons. The van der Waals surface area contributed by atoms with Gasteiger partial charge >= 0.3 is 0 Å². The van der Waals surface area contributed by atoms with E-state index in [4.69, 9.17) is 10.5 Å². The van der Waals surface area contributed by atoms with Crippen molar-refractivity contribution in [1.29, 1.82) is 0 Å². The lowest BCUT2D eigenvalue weighted by molar-refractivity contribution is -0.120. The van der Waals surface area contributed by atoms with Crippen molar-refractivity contribution in [2.24, 2.45) is 5.73 Å². The Morgan fingerprint density at radius 1 is 1.62 bits per heavy atom. The molecule has 0 spiro atoms. The van der Waals surface area contributed by atoms with Crippen LogP contribution in [0.25, 0.3) is 0 Å². The average Bonchev–Trinajstić information content (AvgIpc) is 2.15. The van der Waals surface area contributed by atoms with Gasteiger partial charge in [-0.3, -0.25) is 4.79 Å². The zero-order valence-corrected chi connectivity index (χ0v) is 8.08. The monoisotopic (exact) mass is 186 g/mol. The molecule has 4 nitrogen and oxygen atoms in total. The summed E-state index contributed by atoms with van der Waals surface area (Å²) in [6, 6.07) is 0.217. The highest BCUT2D eigenvalue weighted by Crippen LogP contribution is 2.07. The zero-order valence-electron chi connectivity index (χ0n) is 8.08. The van der Waals surface area contributed by atoms with Crippen LogP contribution in [0.1, 0.15) is 26.2 Å². The van der Waals surface area contributed by atoms with Crippen molar-refractivity contribution in [2.75, 3.05) is 13.2 Å². The number of nitrogens with one attached hydrogen (secondary N) is 1. The van der Waals surface area contributed by atoms with E-state index in [0.29, 0.717) is 6.04 Å². The van der Waals surface area contributed by atoms with E-state index in [2.05, 4.69) is 5.32 Å². The smallest absolute Gasteiger partial charge is 0.234 e. The highest BCUT2D eigenvalue weighted by molar-refractivity contribution is 5.79. The Morgan fingerprint density at radius 3 is 2.69 bits per heavy atom. The molecule has 0 aromatic heterocycles. The number of ether oxygens (including phenoxy) is 1. The second kappa shape index (κ2) is 5.19. The molecule has 76 valence electrons. The van der Waals surface area contributed by atoms with E-state index in [0.717, 1.165) is 32.5 Å². The fraction of sp³-hybridized carbons (Fsp3) is 0.889. The molecule has 4 heteroatoms. The van der Waals surface area contributed by atoms with Crippen LogP contribution in [0.5, 0.6) is 0 Å². The Labute approximate surface area is 78.8 Å². The number of rotatable bonds is 4. The van der Waals surface area contributed by atoms with Gasteiger partial charge in [0.15, 0.2) is 0 Å². The molecule has 1 amide bonds. The van der Waals surface area contributed by atoms with E-state index in [1.165, 1.54) is 0 Å². The average molecular weight is 186 g/mol. The third-order valence-electron chi connectivity index (χ3n) is 2.41. The molecule has 0 aliphatic carbocycles. The van der Waals surface area contributed by atoms with E-state index in [1.54, 1.807) is 0 Å². The third-order valence-corrected chi connectivity index (χ3v) is 2.41. The minimum absolute atomic E-state index is 0.178. The number of hydrogen-bond donors (Lipinski definition) is 2. The van der Waals surface area contributed by atoms with Crippen molar-refractivity contribution in [1.82, 2.24) is 5.32 Å². The maximum absolute atomic E-state index is 10.9. The summed E-state index contributed by atoms with van der Waals surface area (Å²) in [5.74, 6) is -0.256. The maximum Gasteiger partial charge on any atom is 0.234 e. The number of primary amides is 1. The predicted molar refractivity (Wildman–Crippen MR) is 50.3 cm³/mol. The first-order chi connectivity index (χ1) is 6.24. The molecule has 1 unspecified atom stereocenters. The summed E-state index contributed by atoms with van der Waals surface area (Å²) in [5, 5.41) is 3.25. The molecule has 0 aromatic rings. The molecule has 1 saturated heterocycles. The Bertz CT molecular complexity index is 167. The summed E-state index contributed by atoms with van der Waals surface area (Å²) >= 11 is 0. The summed E-state index contributed by atoms with van der Waals surface area (Å²) in [4.78, 5) is 10.9. The van der Waals surface area contributed by atoms with Gasteiger partial charge in [0, 0.05) is 19.3 Å². The van der Waals surface area contributed by atoms with Gasteiger partial charge in [0.25, 0.3) is 0 Å². The van der Waals surface area contributed by atoms with Crippen molar-refractivity contribution < 1.29 is 9.53 Å². The van der Waals surface area contributed by atoms with Crippen molar-refractivity contribution in [3.63, 3.8) is 0 Å². The number of hydrogen-bond acceptors (Lipinski definition) is 3. The molecule has 1 rings (SSSR count). The molecule has 0 saturated carbocycles. The molecule has 1 aliphatic rings. The van der Waals surface area contributed by atoms with Crippen LogP contribution in [0.4, 0.5) is 0 Å². The lowest BCUT2D eigenvalue weighted by Crippen LogP contribution is -2.47. The summed E-state index contributed by atoms with van der Waals surface area (Å²) in [6.07, 6.45) is 2.71. The number of carbonyl (C=O) groups excluding carboxylic acids is 1. The van der Waals surface area contributed by atoms with Crippen LogP contribution in [0.3, 0.4) is 0 Å². The molecular formula is C9H18N2O2. The van der Waals surface area contributed by atoms with E-state index in [-0.39, 0.29) is 11.9 Å². The highest BCUT2D eigenvalue weighted by Gasteiger charge is 2.19. The second-order valence-electron chi connectivity index (χ2n) is 3.42. The summed E-state index contributed by atoms with van der Waals surface area (Å²) in [6.45, 7) is 3.53. The van der Waals surface area contributed by atoms with Gasteiger partial charge in [-0.15, -0.1) is 0 Å². The van der Waals surface area contributed by atoms with Gasteiger partial charge in [0.2, 0.25) is 5.91 Å². The molecule has 0 bridgehead atoms. The maximum atomic E-state index is 10.9. The van der Waals surface area contributed by atoms with Crippen LogP contribution < -0.4 is 11.1 Å². The quantitative estimate of drug-likeness (QED) is 0.650. The van der Waals surface area contributed by atoms with Crippen molar-refractivity contribution in [3.05, 3.63) is 0 Å². The highest BCUT2D eigenvalue weighted by atomic mass is 16.5. The van der Waals surface area contributed by atoms with Gasteiger partial charge in [-0.25, -0.2) is 0 Å². The Kier molecular flexibility index (Phi) is 4.18. The van der Waals surface area contributed by atoms with Crippen LogP contribution >= 0.6 is 0 Å². The summed E-state index contributed by atoms with van der Waals surface area (Å²) in [7, 11) is 0. The molecule has 1 fully saturated rings. The van der Waals surface area contributed by atoms with Crippen molar-refractivity contribution in [2.45, 2.75) is 38.3 Å². The first-order valence-corrected chi connectivity index (χ1v) is 4.87. The predicted octanol–water partition coefficient (Wildman–Crippen LogP) is 0.0189. The van der Waals surface area contributed by atoms with Crippen LogP contribution in [0, 0.1) is 0 Å². The lowest BCUT2D eigenvalue weighted by Gasteiger charge is -2.26. The molecule has 0 aromatic carbocycles. The lowest BCUT2D eigenvalue weighted by atomic mass is 10.1. The largest absolute Gasteiger partial charge is 0.381 e. The second-order valence-corrected chi connectivity index (χ2v) is 3.42. The minimum atomic E-state index is -0.256. The SMILES string of the molecule is CCC(NC1CCOCC1)C(N)=O. The van der Waals surface area contributed by atoms with Gasteiger partial charge in [-0.05, 0) is 19.3 Å². The molecule has 1 aliphatic heterocycles. The van der Waals surface area contributed by atoms with Gasteiger partial charge < -0.3 is 15.8 Å². The standard InChI is InChI=1S/C9H18N2O2/c1-2-8(9(10)12)11-7-3-5-13-6-4-7/h7-8,11H,2-6H2,1H3,(H2,10,12). The van der Waals surface area contributed by atoms with E-state index < -0.39 is 0 Å². The Hall–Kier alpha value is -0.610. The van der Waals surface area contributed by atoms with Gasteiger partial charge in [-0.1, -0.05) is 6.92 Å². The van der Waals surface area contributed by atoms with E-state index >= 15 is 0 Å². The van der Waals surface area contributed by atoms with Crippen LogP contribution in [-0.4, -0.2) is 31.2 Å². The molecular weight excluding hydrogens is 168 g/mol. The fourth-order valence-corrected chi connectivity index (χ4v) is 1.55. The number of amides is 1. The van der Waals surface area contributed by atoms with Gasteiger partial charge in [0.05, 0.1) is 6.04 Å². The third kappa shape index (κ3) is 3.32. The first kappa shape index (κ1) is 10.5. The summed E-state index contributed by atoms with van der Waals surface area (Å²) < 4.78 is 5.22. The molecule has 13 heavy (non-hydrogen) atoms. The Morgan fingerprint density at radius 2 is 2.23 bits per heavy atom. The van der Waals surface area contributed by atoms with Crippen LogP contribution in [0.2, 0.25) is 0 Å². The number of carbonyl (C=O) groups is 1. The summed E-state index contributed by atoms with van der Waals surface area (Å²) in [5.41, 5.74) is 5.23. The molecule has 1 atom stereocenters. The van der Waals surface area contributed by atoms with Crippen molar-refractivity contribution >= 4 is 5.91 Å². The normalized spacial score (nSPS) is 21.3. The Balaban J connectivity index is 2.31. The van der Waals surface area contributed by atoms with Crippen molar-refractivity contribution in [3.8, 4) is 0 Å². The first-order valence-electron chi connectivity index (χ1n) is 4.87.